The number of aryl methyl sites for hydroxylation is 2. The van der Waals surface area contributed by atoms with Gasteiger partial charge in [0, 0.05) is 4.88 Å². The monoisotopic (exact) mass is 353 g/mol. The second-order valence-electron chi connectivity index (χ2n) is 5.16. The number of hydrogen-bond acceptors (Lipinski definition) is 4. The van der Waals surface area contributed by atoms with Crippen molar-refractivity contribution in [3.8, 4) is 0 Å². The lowest BCUT2D eigenvalue weighted by atomic mass is 10.2. The molecule has 1 aromatic carbocycles. The van der Waals surface area contributed by atoms with Gasteiger partial charge in [0.1, 0.15) is 10.7 Å². The third-order valence-electron chi connectivity index (χ3n) is 3.49. The number of anilines is 1. The van der Waals surface area contributed by atoms with E-state index in [1.54, 1.807) is 0 Å². The molecule has 0 unspecified atom stereocenters. The first-order valence-electron chi connectivity index (χ1n) is 7.06. The number of carbonyl (C=O) groups is 2. The van der Waals surface area contributed by atoms with Crippen molar-refractivity contribution in [2.45, 2.75) is 19.3 Å². The second-order valence-corrected chi connectivity index (χ2v) is 6.71. The molecule has 1 aliphatic carbocycles. The SMILES string of the molecule is O=C(COC(=O)c1cc2c(s1)CCC2)Nc1ccc(F)cc1Cl. The van der Waals surface area contributed by atoms with Crippen LogP contribution in [0.25, 0.3) is 0 Å². The lowest BCUT2D eigenvalue weighted by Gasteiger charge is -2.07. The van der Waals surface area contributed by atoms with E-state index in [0.717, 1.165) is 25.3 Å². The van der Waals surface area contributed by atoms with Gasteiger partial charge < -0.3 is 10.1 Å². The zero-order chi connectivity index (χ0) is 16.4. The van der Waals surface area contributed by atoms with Crippen LogP contribution >= 0.6 is 22.9 Å². The average Bonchev–Trinajstić information content (AvgIpc) is 3.09. The van der Waals surface area contributed by atoms with Crippen LogP contribution in [-0.4, -0.2) is 18.5 Å². The Hall–Kier alpha value is -1.92. The van der Waals surface area contributed by atoms with E-state index < -0.39 is 24.3 Å². The first kappa shape index (κ1) is 16.0. The van der Waals surface area contributed by atoms with E-state index in [9.17, 15) is 14.0 Å². The number of carbonyl (C=O) groups excluding carboxylic acids is 2. The number of ether oxygens (including phenoxy) is 1. The molecule has 0 spiro atoms. The number of nitrogens with one attached hydrogen (secondary N) is 1. The van der Waals surface area contributed by atoms with Crippen molar-refractivity contribution in [2.75, 3.05) is 11.9 Å². The van der Waals surface area contributed by atoms with Gasteiger partial charge >= 0.3 is 5.97 Å². The van der Waals surface area contributed by atoms with Crippen LogP contribution in [0.1, 0.15) is 26.5 Å². The van der Waals surface area contributed by atoms with Crippen molar-refractivity contribution in [2.24, 2.45) is 0 Å². The summed E-state index contributed by atoms with van der Waals surface area (Å²) in [5.41, 5.74) is 1.47. The average molecular weight is 354 g/mol. The number of rotatable bonds is 4. The van der Waals surface area contributed by atoms with E-state index in [2.05, 4.69) is 5.32 Å². The number of hydrogen-bond donors (Lipinski definition) is 1. The van der Waals surface area contributed by atoms with E-state index >= 15 is 0 Å². The Labute approximate surface area is 141 Å². The van der Waals surface area contributed by atoms with Crippen LogP contribution in [-0.2, 0) is 22.4 Å². The number of halogens is 2. The van der Waals surface area contributed by atoms with Crippen LogP contribution in [0.4, 0.5) is 10.1 Å². The summed E-state index contributed by atoms with van der Waals surface area (Å²) < 4.78 is 17.9. The van der Waals surface area contributed by atoms with Crippen molar-refractivity contribution < 1.29 is 18.7 Å². The Bertz CT molecular complexity index is 753. The third-order valence-corrected chi connectivity index (χ3v) is 5.02. The standard InChI is InChI=1S/C16H13ClFNO3S/c17-11-7-10(18)4-5-12(11)19-15(20)8-22-16(21)14-6-9-2-1-3-13(9)23-14/h4-7H,1-3,8H2,(H,19,20). The highest BCUT2D eigenvalue weighted by Crippen LogP contribution is 2.31. The predicted octanol–water partition coefficient (Wildman–Crippen LogP) is 3.82. The topological polar surface area (TPSA) is 55.4 Å². The minimum absolute atomic E-state index is 0.0827. The highest BCUT2D eigenvalue weighted by Gasteiger charge is 2.20. The van der Waals surface area contributed by atoms with Crippen molar-refractivity contribution >= 4 is 40.5 Å². The fraction of sp³-hybridized carbons (Fsp3) is 0.250. The minimum Gasteiger partial charge on any atom is -0.451 e. The Balaban J connectivity index is 1.54. The van der Waals surface area contributed by atoms with Gasteiger partial charge in [0.25, 0.3) is 5.91 Å². The van der Waals surface area contributed by atoms with Crippen LogP contribution in [0.5, 0.6) is 0 Å². The van der Waals surface area contributed by atoms with Gasteiger partial charge in [-0.05, 0) is 49.1 Å². The van der Waals surface area contributed by atoms with Crippen molar-refractivity contribution in [3.05, 3.63) is 50.4 Å². The van der Waals surface area contributed by atoms with Crippen molar-refractivity contribution in [1.82, 2.24) is 0 Å². The van der Waals surface area contributed by atoms with Crippen molar-refractivity contribution in [3.63, 3.8) is 0 Å². The zero-order valence-corrected chi connectivity index (χ0v) is 13.6. The molecule has 23 heavy (non-hydrogen) atoms. The minimum atomic E-state index is -0.532. The van der Waals surface area contributed by atoms with E-state index in [4.69, 9.17) is 16.3 Å². The van der Waals surface area contributed by atoms with Crippen LogP contribution in [0, 0.1) is 5.82 Å². The Morgan fingerprint density at radius 2 is 2.13 bits per heavy atom. The molecular weight excluding hydrogens is 341 g/mol. The summed E-state index contributed by atoms with van der Waals surface area (Å²) >= 11 is 7.23. The van der Waals surface area contributed by atoms with Gasteiger partial charge in [0.05, 0.1) is 10.7 Å². The number of fused-ring (bicyclic) bond motifs is 1. The van der Waals surface area contributed by atoms with E-state index in [-0.39, 0.29) is 10.7 Å². The van der Waals surface area contributed by atoms with Crippen LogP contribution in [0.2, 0.25) is 5.02 Å². The summed E-state index contributed by atoms with van der Waals surface area (Å²) in [5, 5.41) is 2.55. The lowest BCUT2D eigenvalue weighted by molar-refractivity contribution is -0.119. The van der Waals surface area contributed by atoms with Crippen LogP contribution in [0.3, 0.4) is 0 Å². The largest absolute Gasteiger partial charge is 0.451 e. The summed E-state index contributed by atoms with van der Waals surface area (Å²) in [6.45, 7) is -0.422. The first-order valence-corrected chi connectivity index (χ1v) is 8.26. The highest BCUT2D eigenvalue weighted by molar-refractivity contribution is 7.14. The Morgan fingerprint density at radius 1 is 1.30 bits per heavy atom. The van der Waals surface area contributed by atoms with Crippen LogP contribution < -0.4 is 5.32 Å². The number of thiophene rings is 1. The molecule has 0 aliphatic heterocycles. The molecule has 0 radical (unpaired) electrons. The van der Waals surface area contributed by atoms with Gasteiger partial charge in [-0.2, -0.15) is 0 Å². The van der Waals surface area contributed by atoms with Gasteiger partial charge in [0.15, 0.2) is 6.61 Å². The maximum atomic E-state index is 12.9. The first-order chi connectivity index (χ1) is 11.0. The Kier molecular flexibility index (Phi) is 4.63. The molecule has 4 nitrogen and oxygen atoms in total. The zero-order valence-electron chi connectivity index (χ0n) is 12.0. The maximum Gasteiger partial charge on any atom is 0.348 e. The maximum absolute atomic E-state index is 12.9. The molecular formula is C16H13ClFNO3S. The summed E-state index contributed by atoms with van der Waals surface area (Å²) in [4.78, 5) is 25.5. The molecule has 3 rings (SSSR count). The molecule has 1 aromatic heterocycles. The van der Waals surface area contributed by atoms with Gasteiger partial charge in [0.2, 0.25) is 0 Å². The summed E-state index contributed by atoms with van der Waals surface area (Å²) in [6, 6.07) is 5.46. The van der Waals surface area contributed by atoms with Crippen molar-refractivity contribution in [1.29, 1.82) is 0 Å². The van der Waals surface area contributed by atoms with E-state index in [1.807, 2.05) is 6.07 Å². The summed E-state index contributed by atoms with van der Waals surface area (Å²) in [5.74, 6) is -1.54. The molecule has 1 amide bonds. The molecule has 1 N–H and O–H groups in total. The number of benzene rings is 1. The fourth-order valence-corrected chi connectivity index (χ4v) is 3.77. The predicted molar refractivity (Wildman–Crippen MR) is 86.7 cm³/mol. The number of amides is 1. The van der Waals surface area contributed by atoms with Gasteiger partial charge in [-0.1, -0.05) is 11.6 Å². The molecule has 1 aliphatic rings. The fourth-order valence-electron chi connectivity index (χ4n) is 2.41. The highest BCUT2D eigenvalue weighted by atomic mass is 35.5. The lowest BCUT2D eigenvalue weighted by Crippen LogP contribution is -2.20. The van der Waals surface area contributed by atoms with Gasteiger partial charge in [-0.3, -0.25) is 4.79 Å². The summed E-state index contributed by atoms with van der Waals surface area (Å²) in [6.07, 6.45) is 3.11. The molecule has 0 fully saturated rings. The van der Waals surface area contributed by atoms with Crippen LogP contribution in [0.15, 0.2) is 24.3 Å². The third kappa shape index (κ3) is 3.71. The Morgan fingerprint density at radius 3 is 2.87 bits per heavy atom. The molecule has 7 heteroatoms. The normalized spacial score (nSPS) is 12.8. The smallest absolute Gasteiger partial charge is 0.348 e. The molecule has 0 saturated heterocycles. The second kappa shape index (κ2) is 6.68. The molecule has 0 bridgehead atoms. The van der Waals surface area contributed by atoms with E-state index in [1.165, 1.54) is 33.9 Å². The molecule has 1 heterocycles. The number of esters is 1. The van der Waals surface area contributed by atoms with Gasteiger partial charge in [-0.15, -0.1) is 11.3 Å². The van der Waals surface area contributed by atoms with E-state index in [0.29, 0.717) is 4.88 Å². The molecule has 2 aromatic rings. The molecule has 120 valence electrons. The molecule has 0 atom stereocenters. The van der Waals surface area contributed by atoms with Gasteiger partial charge in [-0.25, -0.2) is 9.18 Å². The molecule has 0 saturated carbocycles. The quantitative estimate of drug-likeness (QED) is 0.850. The summed E-state index contributed by atoms with van der Waals surface area (Å²) in [7, 11) is 0.